The van der Waals surface area contributed by atoms with Crippen LogP contribution >= 0.6 is 0 Å². The topological polar surface area (TPSA) is 111 Å². The minimum Gasteiger partial charge on any atom is -0.493 e. The molecule has 0 radical (unpaired) electrons. The molecule has 0 spiro atoms. The number of fused-ring (bicyclic) bond motifs is 9. The number of amides is 1. The number of nitrogen functional groups attached to an aromatic ring is 1. The van der Waals surface area contributed by atoms with E-state index in [1.807, 2.05) is 24.3 Å². The minimum atomic E-state index is -0.145. The van der Waals surface area contributed by atoms with Crippen molar-refractivity contribution in [1.29, 1.82) is 0 Å². The molecule has 1 aliphatic carbocycles. The fraction of sp³-hybridized carbons (Fsp3) is 0.393. The lowest BCUT2D eigenvalue weighted by molar-refractivity contribution is 0.0843. The highest BCUT2D eigenvalue weighted by Gasteiger charge is 2.19. The number of nitrogens with one attached hydrogen (secondary N) is 2. The third-order valence-electron chi connectivity index (χ3n) is 6.84. The van der Waals surface area contributed by atoms with Crippen LogP contribution < -0.4 is 21.1 Å². The van der Waals surface area contributed by atoms with Crippen LogP contribution in [0, 0.1) is 11.8 Å². The van der Waals surface area contributed by atoms with Crippen LogP contribution in [0.25, 0.3) is 11.3 Å². The number of benzene rings is 2. The number of ether oxygens (including phenoxy) is 2. The average molecular weight is 488 g/mol. The second kappa shape index (κ2) is 11.0. The molecule has 6 rings (SSSR count). The summed E-state index contributed by atoms with van der Waals surface area (Å²) in [7, 11) is 0. The summed E-state index contributed by atoms with van der Waals surface area (Å²) < 4.78 is 12.3. The summed E-state index contributed by atoms with van der Waals surface area (Å²) >= 11 is 0. The molecule has 0 saturated heterocycles. The summed E-state index contributed by atoms with van der Waals surface area (Å²) in [6, 6.07) is 13.1. The number of hydrogen-bond donors (Lipinski definition) is 3. The van der Waals surface area contributed by atoms with Gasteiger partial charge >= 0.3 is 0 Å². The summed E-state index contributed by atoms with van der Waals surface area (Å²) in [5.74, 6) is 2.09. The van der Waals surface area contributed by atoms with Gasteiger partial charge in [0, 0.05) is 47.4 Å². The van der Waals surface area contributed by atoms with Crippen LogP contribution in [0.15, 0.2) is 48.7 Å². The van der Waals surface area contributed by atoms with Gasteiger partial charge in [-0.1, -0.05) is 13.3 Å². The molecular formula is C28H33N5O3. The van der Waals surface area contributed by atoms with Gasteiger partial charge in [-0.05, 0) is 73.6 Å². The van der Waals surface area contributed by atoms with Gasteiger partial charge in [-0.25, -0.2) is 9.97 Å². The number of aromatic nitrogens is 2. The zero-order valence-electron chi connectivity index (χ0n) is 20.6. The largest absolute Gasteiger partial charge is 0.493 e. The van der Waals surface area contributed by atoms with E-state index in [2.05, 4.69) is 27.5 Å². The highest BCUT2D eigenvalue weighted by atomic mass is 16.5. The molecule has 1 atom stereocenters. The Balaban J connectivity index is 1.44. The van der Waals surface area contributed by atoms with Gasteiger partial charge in [-0.2, -0.15) is 0 Å². The molecule has 1 aromatic heterocycles. The van der Waals surface area contributed by atoms with Crippen LogP contribution in [-0.2, 0) is 11.3 Å². The minimum absolute atomic E-state index is 0.145. The number of nitrogens with two attached hydrogens (primary N) is 1. The lowest BCUT2D eigenvalue weighted by Gasteiger charge is -2.26. The fourth-order valence-electron chi connectivity index (χ4n) is 4.40. The quantitative estimate of drug-likeness (QED) is 0.449. The molecule has 36 heavy (non-hydrogen) atoms. The highest BCUT2D eigenvalue weighted by molar-refractivity contribution is 5.96. The first-order valence-electron chi connectivity index (χ1n) is 12.7. The van der Waals surface area contributed by atoms with E-state index in [-0.39, 0.29) is 11.8 Å². The summed E-state index contributed by atoms with van der Waals surface area (Å²) in [6.07, 6.45) is 6.27. The van der Waals surface area contributed by atoms with Gasteiger partial charge in [0.1, 0.15) is 5.75 Å². The Bertz CT molecular complexity index is 1230. The molecule has 1 unspecified atom stereocenters. The van der Waals surface area contributed by atoms with Crippen LogP contribution in [0.4, 0.5) is 17.3 Å². The molecule has 1 amide bonds. The zero-order valence-corrected chi connectivity index (χ0v) is 20.6. The fourth-order valence-corrected chi connectivity index (χ4v) is 4.40. The molecule has 2 aromatic carbocycles. The van der Waals surface area contributed by atoms with Crippen LogP contribution in [-0.4, -0.2) is 35.6 Å². The van der Waals surface area contributed by atoms with E-state index in [1.54, 1.807) is 24.4 Å². The lowest BCUT2D eigenvalue weighted by Crippen LogP contribution is -2.26. The van der Waals surface area contributed by atoms with E-state index in [9.17, 15) is 4.79 Å². The maximum absolute atomic E-state index is 12.6. The number of nitrogens with zero attached hydrogens (tertiary/aromatic N) is 2. The molecule has 3 aliphatic rings. The van der Waals surface area contributed by atoms with Crippen LogP contribution in [0.3, 0.4) is 0 Å². The molecule has 8 heteroatoms. The SMILES string of the molecule is CC1CCNC(=O)c2ccc(c(N)c2)-c2ccnc(n2)Nc2ccc(OCC3CCC3)c(c2)COC1. The molecule has 2 aliphatic heterocycles. The van der Waals surface area contributed by atoms with Crippen molar-refractivity contribution in [3.8, 4) is 17.0 Å². The number of carbonyl (C=O) groups is 1. The summed E-state index contributed by atoms with van der Waals surface area (Å²) in [5, 5.41) is 6.28. The molecule has 8 nitrogen and oxygen atoms in total. The van der Waals surface area contributed by atoms with Crippen molar-refractivity contribution in [2.75, 3.05) is 30.8 Å². The summed E-state index contributed by atoms with van der Waals surface area (Å²) in [5.41, 5.74) is 10.6. The molecule has 3 heterocycles. The van der Waals surface area contributed by atoms with Gasteiger partial charge < -0.3 is 25.8 Å². The molecule has 1 fully saturated rings. The number of anilines is 3. The standard InChI is InChI=1S/C28H33N5O3/c1-18-9-11-30-27(34)20-5-7-23(24(29)14-20)25-10-12-31-28(33-25)32-22-6-8-26(21(13-22)17-35-15-18)36-16-19-3-2-4-19/h5-8,10,12-14,18-19H,2-4,9,11,15-17,29H2,1H3,(H,30,34)(H,31,32,33). The van der Waals surface area contributed by atoms with Crippen molar-refractivity contribution in [2.24, 2.45) is 11.8 Å². The number of carbonyl (C=O) groups excluding carboxylic acids is 1. The van der Waals surface area contributed by atoms with Crippen molar-refractivity contribution in [2.45, 2.75) is 39.2 Å². The van der Waals surface area contributed by atoms with Crippen molar-refractivity contribution in [3.63, 3.8) is 0 Å². The summed E-state index contributed by atoms with van der Waals surface area (Å²) in [4.78, 5) is 21.7. The molecule has 6 bridgehead atoms. The van der Waals surface area contributed by atoms with Gasteiger partial charge in [0.15, 0.2) is 0 Å². The Kier molecular flexibility index (Phi) is 7.32. The zero-order chi connectivity index (χ0) is 24.9. The first kappa shape index (κ1) is 24.1. The van der Waals surface area contributed by atoms with Crippen LogP contribution in [0.5, 0.6) is 5.75 Å². The Morgan fingerprint density at radius 2 is 2.03 bits per heavy atom. The van der Waals surface area contributed by atoms with Gasteiger partial charge in [0.2, 0.25) is 5.95 Å². The Morgan fingerprint density at radius 1 is 1.14 bits per heavy atom. The van der Waals surface area contributed by atoms with Crippen molar-refractivity contribution in [3.05, 3.63) is 59.8 Å². The van der Waals surface area contributed by atoms with Crippen LogP contribution in [0.1, 0.15) is 48.5 Å². The third kappa shape index (κ3) is 5.76. The second-order valence-electron chi connectivity index (χ2n) is 9.79. The molecular weight excluding hydrogens is 454 g/mol. The average Bonchev–Trinajstić information content (AvgIpc) is 2.84. The Labute approximate surface area is 211 Å². The van der Waals surface area contributed by atoms with Crippen molar-refractivity contribution >= 4 is 23.2 Å². The maximum atomic E-state index is 12.6. The van der Waals surface area contributed by atoms with E-state index in [0.717, 1.165) is 35.6 Å². The first-order chi connectivity index (χ1) is 17.5. The normalized spacial score (nSPS) is 18.7. The monoisotopic (exact) mass is 487 g/mol. The van der Waals surface area contributed by atoms with E-state index in [4.69, 9.17) is 15.2 Å². The van der Waals surface area contributed by atoms with Gasteiger partial charge in [-0.3, -0.25) is 4.79 Å². The van der Waals surface area contributed by atoms with E-state index in [1.165, 1.54) is 19.3 Å². The Morgan fingerprint density at radius 3 is 2.83 bits per heavy atom. The first-order valence-corrected chi connectivity index (χ1v) is 12.7. The molecule has 1 saturated carbocycles. The predicted molar refractivity (Wildman–Crippen MR) is 140 cm³/mol. The number of rotatable bonds is 3. The van der Waals surface area contributed by atoms with Crippen molar-refractivity contribution in [1.82, 2.24) is 15.3 Å². The molecule has 3 aromatic rings. The smallest absolute Gasteiger partial charge is 0.251 e. The summed E-state index contributed by atoms with van der Waals surface area (Å²) in [6.45, 7) is 4.45. The lowest BCUT2D eigenvalue weighted by atomic mass is 9.86. The number of hydrogen-bond acceptors (Lipinski definition) is 7. The van der Waals surface area contributed by atoms with Gasteiger partial charge in [-0.15, -0.1) is 0 Å². The molecule has 188 valence electrons. The van der Waals surface area contributed by atoms with E-state index >= 15 is 0 Å². The predicted octanol–water partition coefficient (Wildman–Crippen LogP) is 4.93. The highest BCUT2D eigenvalue weighted by Crippen LogP contribution is 2.31. The molecule has 4 N–H and O–H groups in total. The third-order valence-corrected chi connectivity index (χ3v) is 6.84. The van der Waals surface area contributed by atoms with Gasteiger partial charge in [0.25, 0.3) is 5.91 Å². The second-order valence-corrected chi connectivity index (χ2v) is 9.79. The van der Waals surface area contributed by atoms with Crippen molar-refractivity contribution < 1.29 is 14.3 Å². The Hall–Kier alpha value is -3.65. The van der Waals surface area contributed by atoms with Gasteiger partial charge in [0.05, 0.1) is 18.9 Å². The maximum Gasteiger partial charge on any atom is 0.251 e. The van der Waals surface area contributed by atoms with Crippen LogP contribution in [0.2, 0.25) is 0 Å². The van der Waals surface area contributed by atoms with E-state index < -0.39 is 0 Å². The van der Waals surface area contributed by atoms with E-state index in [0.29, 0.717) is 48.6 Å².